The van der Waals surface area contributed by atoms with Gasteiger partial charge in [-0.2, -0.15) is 0 Å². The van der Waals surface area contributed by atoms with Crippen LogP contribution in [-0.4, -0.2) is 29.1 Å². The molecule has 22 heavy (non-hydrogen) atoms. The van der Waals surface area contributed by atoms with Crippen LogP contribution in [0.25, 0.3) is 5.57 Å². The monoisotopic (exact) mass is 317 g/mol. The molecule has 2 rings (SSSR count). The molecule has 0 amide bonds. The molecule has 0 radical (unpaired) electrons. The Morgan fingerprint density at radius 3 is 2.73 bits per heavy atom. The lowest BCUT2D eigenvalue weighted by atomic mass is 10.1. The van der Waals surface area contributed by atoms with Crippen LogP contribution in [0, 0.1) is 0 Å². The van der Waals surface area contributed by atoms with Gasteiger partial charge >= 0.3 is 5.97 Å². The van der Waals surface area contributed by atoms with Gasteiger partial charge in [0.1, 0.15) is 6.61 Å². The maximum Gasteiger partial charge on any atom is 0.331 e. The lowest BCUT2D eigenvalue weighted by Gasteiger charge is -2.06. The summed E-state index contributed by atoms with van der Waals surface area (Å²) in [6.45, 7) is 2.48. The molecule has 1 aromatic heterocycles. The molecule has 0 unspecified atom stereocenters. The highest BCUT2D eigenvalue weighted by Crippen LogP contribution is 2.22. The summed E-state index contributed by atoms with van der Waals surface area (Å²) >= 11 is 6.08. The van der Waals surface area contributed by atoms with Crippen LogP contribution in [0.4, 0.5) is 5.95 Å². The van der Waals surface area contributed by atoms with E-state index < -0.39 is 5.97 Å². The van der Waals surface area contributed by atoms with Crippen LogP contribution in [0.15, 0.2) is 48.8 Å². The molecule has 0 aliphatic heterocycles. The molecule has 114 valence electrons. The molecular formula is C16H16ClN3O2. The number of nitrogens with one attached hydrogen (secondary N) is 1. The molecule has 0 fully saturated rings. The van der Waals surface area contributed by atoms with Crippen LogP contribution in [0.1, 0.15) is 12.5 Å². The minimum atomic E-state index is -0.409. The number of hydrogen-bond donors (Lipinski definition) is 1. The third-order valence-corrected chi connectivity index (χ3v) is 3.16. The lowest BCUT2D eigenvalue weighted by Crippen LogP contribution is -2.13. The average Bonchev–Trinajstić information content (AvgIpc) is 2.53. The normalized spacial score (nSPS) is 11.1. The van der Waals surface area contributed by atoms with Gasteiger partial charge in [0.25, 0.3) is 0 Å². The van der Waals surface area contributed by atoms with Gasteiger partial charge in [0, 0.05) is 23.5 Å². The van der Waals surface area contributed by atoms with Crippen molar-refractivity contribution >= 4 is 29.1 Å². The Balaban J connectivity index is 1.80. The molecule has 0 saturated heterocycles. The lowest BCUT2D eigenvalue weighted by molar-refractivity contribution is -0.137. The van der Waals surface area contributed by atoms with E-state index >= 15 is 0 Å². The highest BCUT2D eigenvalue weighted by atomic mass is 35.5. The molecular weight excluding hydrogens is 302 g/mol. The van der Waals surface area contributed by atoms with E-state index in [1.807, 2.05) is 25.1 Å². The van der Waals surface area contributed by atoms with Crippen molar-refractivity contribution in [2.24, 2.45) is 0 Å². The number of halogens is 1. The molecule has 0 spiro atoms. The first kappa shape index (κ1) is 16.0. The number of carbonyl (C=O) groups excluding carboxylic acids is 1. The molecule has 0 saturated carbocycles. The van der Waals surface area contributed by atoms with E-state index in [0.29, 0.717) is 17.5 Å². The van der Waals surface area contributed by atoms with Gasteiger partial charge in [0.05, 0.1) is 6.54 Å². The zero-order valence-electron chi connectivity index (χ0n) is 12.1. The first-order chi connectivity index (χ1) is 10.7. The third-order valence-electron chi connectivity index (χ3n) is 2.83. The van der Waals surface area contributed by atoms with Gasteiger partial charge in [0.15, 0.2) is 0 Å². The topological polar surface area (TPSA) is 64.1 Å². The third kappa shape index (κ3) is 4.86. The van der Waals surface area contributed by atoms with E-state index in [1.165, 1.54) is 6.08 Å². The molecule has 5 nitrogen and oxygen atoms in total. The van der Waals surface area contributed by atoms with Crippen molar-refractivity contribution in [1.82, 2.24) is 9.97 Å². The zero-order chi connectivity index (χ0) is 15.8. The van der Waals surface area contributed by atoms with Crippen molar-refractivity contribution in [3.05, 3.63) is 59.4 Å². The van der Waals surface area contributed by atoms with E-state index in [2.05, 4.69) is 15.3 Å². The van der Waals surface area contributed by atoms with Crippen molar-refractivity contribution in [2.75, 3.05) is 18.5 Å². The second-order valence-corrected chi connectivity index (χ2v) is 4.88. The van der Waals surface area contributed by atoms with Gasteiger partial charge in [-0.1, -0.05) is 29.8 Å². The summed E-state index contributed by atoms with van der Waals surface area (Å²) in [5, 5.41) is 3.56. The van der Waals surface area contributed by atoms with Crippen molar-refractivity contribution in [3.8, 4) is 0 Å². The highest BCUT2D eigenvalue weighted by molar-refractivity contribution is 6.32. The molecule has 1 heterocycles. The number of aromatic nitrogens is 2. The van der Waals surface area contributed by atoms with Gasteiger partial charge in [-0.3, -0.25) is 0 Å². The zero-order valence-corrected chi connectivity index (χ0v) is 12.9. The first-order valence-corrected chi connectivity index (χ1v) is 7.15. The van der Waals surface area contributed by atoms with Gasteiger partial charge in [-0.05, 0) is 30.2 Å². The fourth-order valence-electron chi connectivity index (χ4n) is 1.78. The Kier molecular flexibility index (Phi) is 5.91. The predicted octanol–water partition coefficient (Wildman–Crippen LogP) is 3.19. The summed E-state index contributed by atoms with van der Waals surface area (Å²) in [6.07, 6.45) is 4.70. The fraction of sp³-hybridized carbons (Fsp3) is 0.188. The number of anilines is 1. The minimum Gasteiger partial charge on any atom is -0.461 e. The fourth-order valence-corrected chi connectivity index (χ4v) is 2.07. The number of benzene rings is 1. The van der Waals surface area contributed by atoms with Gasteiger partial charge in [-0.15, -0.1) is 0 Å². The van der Waals surface area contributed by atoms with Crippen molar-refractivity contribution in [2.45, 2.75) is 6.92 Å². The van der Waals surface area contributed by atoms with Crippen molar-refractivity contribution in [1.29, 1.82) is 0 Å². The summed E-state index contributed by atoms with van der Waals surface area (Å²) in [5.74, 6) is 0.0922. The number of ether oxygens (including phenoxy) is 1. The predicted molar refractivity (Wildman–Crippen MR) is 86.6 cm³/mol. The van der Waals surface area contributed by atoms with E-state index in [9.17, 15) is 4.79 Å². The number of allylic oxidation sites excluding steroid dienone is 1. The standard InChI is InChI=1S/C16H16ClN3O2/c1-12(13-5-2-3-6-14(13)17)11-15(21)22-10-9-20-16-18-7-4-8-19-16/h2-8,11H,9-10H2,1H3,(H,18,19,20)/b12-11-. The van der Waals surface area contributed by atoms with Crippen LogP contribution in [-0.2, 0) is 9.53 Å². The van der Waals surface area contributed by atoms with Crippen molar-refractivity contribution < 1.29 is 9.53 Å². The summed E-state index contributed by atoms with van der Waals surface area (Å²) in [6, 6.07) is 9.08. The summed E-state index contributed by atoms with van der Waals surface area (Å²) in [7, 11) is 0. The number of esters is 1. The van der Waals surface area contributed by atoms with Crippen LogP contribution >= 0.6 is 11.6 Å². The average molecular weight is 318 g/mol. The molecule has 2 aromatic rings. The first-order valence-electron chi connectivity index (χ1n) is 6.77. The largest absolute Gasteiger partial charge is 0.461 e. The number of nitrogens with zero attached hydrogens (tertiary/aromatic N) is 2. The van der Waals surface area contributed by atoms with E-state index in [1.54, 1.807) is 24.5 Å². The van der Waals surface area contributed by atoms with Crippen LogP contribution in [0.3, 0.4) is 0 Å². The van der Waals surface area contributed by atoms with Gasteiger partial charge in [0.2, 0.25) is 5.95 Å². The highest BCUT2D eigenvalue weighted by Gasteiger charge is 2.05. The van der Waals surface area contributed by atoms with Gasteiger partial charge < -0.3 is 10.1 Å². The second kappa shape index (κ2) is 8.14. The van der Waals surface area contributed by atoms with Gasteiger partial charge in [-0.25, -0.2) is 14.8 Å². The Morgan fingerprint density at radius 1 is 1.27 bits per heavy atom. The maximum absolute atomic E-state index is 11.7. The molecule has 1 aromatic carbocycles. The SMILES string of the molecule is C/C(=C/C(=O)OCCNc1ncccn1)c1ccccc1Cl. The Morgan fingerprint density at radius 2 is 2.00 bits per heavy atom. The number of rotatable bonds is 6. The summed E-state index contributed by atoms with van der Waals surface area (Å²) in [5.41, 5.74) is 1.58. The number of carbonyl (C=O) groups is 1. The van der Waals surface area contributed by atoms with Crippen molar-refractivity contribution in [3.63, 3.8) is 0 Å². The Labute approximate surface area is 134 Å². The Hall–Kier alpha value is -2.40. The van der Waals surface area contributed by atoms with E-state index in [4.69, 9.17) is 16.3 Å². The molecule has 6 heteroatoms. The second-order valence-electron chi connectivity index (χ2n) is 4.47. The maximum atomic E-state index is 11.7. The molecule has 1 N–H and O–H groups in total. The van der Waals surface area contributed by atoms with Crippen LogP contribution < -0.4 is 5.32 Å². The molecule has 0 atom stereocenters. The molecule has 0 aliphatic carbocycles. The molecule has 0 aliphatic rings. The summed E-state index contributed by atoms with van der Waals surface area (Å²) in [4.78, 5) is 19.8. The minimum absolute atomic E-state index is 0.226. The molecule has 0 bridgehead atoms. The van der Waals surface area contributed by atoms with E-state index in [0.717, 1.165) is 11.1 Å². The summed E-state index contributed by atoms with van der Waals surface area (Å²) < 4.78 is 5.12. The smallest absolute Gasteiger partial charge is 0.331 e. The van der Waals surface area contributed by atoms with Crippen LogP contribution in [0.5, 0.6) is 0 Å². The number of hydrogen-bond acceptors (Lipinski definition) is 5. The Bertz CT molecular complexity index is 659. The van der Waals surface area contributed by atoms with Crippen LogP contribution in [0.2, 0.25) is 5.02 Å². The quantitative estimate of drug-likeness (QED) is 0.503. The van der Waals surface area contributed by atoms with E-state index in [-0.39, 0.29) is 6.61 Å².